The van der Waals surface area contributed by atoms with Gasteiger partial charge in [-0.05, 0) is 50.7 Å². The maximum absolute atomic E-state index is 12.2. The summed E-state index contributed by atoms with van der Waals surface area (Å²) in [6.07, 6.45) is 6.91. The standard InChI is InChI=1S/C21H31NO4/c1-5-15(3)9-7-10-16(4)18(6-2)19(21(24)25)13-20(23)22-14-17-11-8-12-26-17/h8-9,11-12,18-19H,4-7,10,13-14H2,1-3H3,(H,22,23)(H,24,25)/b15-9-. The number of carboxylic acids is 1. The molecule has 2 N–H and O–H groups in total. The highest BCUT2D eigenvalue weighted by Crippen LogP contribution is 2.29. The predicted octanol–water partition coefficient (Wildman–Crippen LogP) is 4.71. The van der Waals surface area contributed by atoms with Gasteiger partial charge in [0.2, 0.25) is 5.91 Å². The van der Waals surface area contributed by atoms with Crippen molar-refractivity contribution in [1.82, 2.24) is 5.32 Å². The number of carboxylic acid groups (broad SMARTS) is 1. The molecule has 1 aromatic rings. The van der Waals surface area contributed by atoms with E-state index in [2.05, 4.69) is 31.8 Å². The van der Waals surface area contributed by atoms with E-state index in [-0.39, 0.29) is 24.8 Å². The van der Waals surface area contributed by atoms with E-state index in [0.717, 1.165) is 24.8 Å². The van der Waals surface area contributed by atoms with Crippen LogP contribution in [0.5, 0.6) is 0 Å². The van der Waals surface area contributed by atoms with Gasteiger partial charge in [0.25, 0.3) is 0 Å². The van der Waals surface area contributed by atoms with Gasteiger partial charge in [0.05, 0.1) is 18.7 Å². The molecule has 0 bridgehead atoms. The number of furan rings is 1. The predicted molar refractivity (Wildman–Crippen MR) is 103 cm³/mol. The fourth-order valence-electron chi connectivity index (χ4n) is 2.96. The number of aliphatic carboxylic acids is 1. The number of rotatable bonds is 12. The summed E-state index contributed by atoms with van der Waals surface area (Å²) >= 11 is 0. The zero-order valence-corrected chi connectivity index (χ0v) is 16.1. The molecule has 1 heterocycles. The molecule has 0 aliphatic carbocycles. The van der Waals surface area contributed by atoms with Crippen LogP contribution in [0.2, 0.25) is 0 Å². The molecular weight excluding hydrogens is 330 g/mol. The smallest absolute Gasteiger partial charge is 0.307 e. The van der Waals surface area contributed by atoms with Crippen molar-refractivity contribution in [3.05, 3.63) is 48.0 Å². The molecule has 5 nitrogen and oxygen atoms in total. The van der Waals surface area contributed by atoms with Crippen molar-refractivity contribution in [1.29, 1.82) is 0 Å². The van der Waals surface area contributed by atoms with Crippen LogP contribution in [0.3, 0.4) is 0 Å². The monoisotopic (exact) mass is 361 g/mol. The molecule has 0 fully saturated rings. The highest BCUT2D eigenvalue weighted by Gasteiger charge is 2.30. The van der Waals surface area contributed by atoms with Gasteiger partial charge in [-0.25, -0.2) is 0 Å². The molecule has 2 unspecified atom stereocenters. The number of hydrogen-bond acceptors (Lipinski definition) is 3. The lowest BCUT2D eigenvalue weighted by molar-refractivity contribution is -0.145. The van der Waals surface area contributed by atoms with Gasteiger partial charge >= 0.3 is 5.97 Å². The number of carbonyl (C=O) groups excluding carboxylic acids is 1. The molecule has 26 heavy (non-hydrogen) atoms. The third kappa shape index (κ3) is 7.30. The Hall–Kier alpha value is -2.30. The Morgan fingerprint density at radius 2 is 2.08 bits per heavy atom. The van der Waals surface area contributed by atoms with Crippen LogP contribution in [0.25, 0.3) is 0 Å². The van der Waals surface area contributed by atoms with Crippen LogP contribution in [0, 0.1) is 11.8 Å². The largest absolute Gasteiger partial charge is 0.481 e. The average Bonchev–Trinajstić information content (AvgIpc) is 3.12. The first-order valence-electron chi connectivity index (χ1n) is 9.24. The minimum atomic E-state index is -0.952. The molecule has 0 aliphatic heterocycles. The van der Waals surface area contributed by atoms with Crippen LogP contribution in [0.15, 0.2) is 46.6 Å². The second-order valence-electron chi connectivity index (χ2n) is 6.62. The van der Waals surface area contributed by atoms with E-state index < -0.39 is 11.9 Å². The zero-order chi connectivity index (χ0) is 19.5. The fourth-order valence-corrected chi connectivity index (χ4v) is 2.96. The van der Waals surface area contributed by atoms with Gasteiger partial charge in [0, 0.05) is 6.42 Å². The third-order valence-electron chi connectivity index (χ3n) is 4.73. The number of carbonyl (C=O) groups is 2. The summed E-state index contributed by atoms with van der Waals surface area (Å²) in [7, 11) is 0. The van der Waals surface area contributed by atoms with Crippen molar-refractivity contribution in [3.8, 4) is 0 Å². The van der Waals surface area contributed by atoms with Gasteiger partial charge in [-0.15, -0.1) is 0 Å². The van der Waals surface area contributed by atoms with E-state index in [4.69, 9.17) is 4.42 Å². The summed E-state index contributed by atoms with van der Waals surface area (Å²) in [4.78, 5) is 23.9. The van der Waals surface area contributed by atoms with E-state index in [1.165, 1.54) is 11.8 Å². The Kier molecular flexibility index (Phi) is 9.48. The highest BCUT2D eigenvalue weighted by molar-refractivity contribution is 5.82. The quantitative estimate of drug-likeness (QED) is 0.529. The lowest BCUT2D eigenvalue weighted by Crippen LogP contribution is -2.32. The maximum Gasteiger partial charge on any atom is 0.307 e. The summed E-state index contributed by atoms with van der Waals surface area (Å²) in [6, 6.07) is 3.50. The first-order valence-corrected chi connectivity index (χ1v) is 9.24. The van der Waals surface area contributed by atoms with Gasteiger partial charge in [-0.1, -0.05) is 37.6 Å². The molecule has 2 atom stereocenters. The molecule has 0 saturated heterocycles. The summed E-state index contributed by atoms with van der Waals surface area (Å²) < 4.78 is 5.17. The van der Waals surface area contributed by atoms with Gasteiger partial charge in [0.1, 0.15) is 5.76 Å². The third-order valence-corrected chi connectivity index (χ3v) is 4.73. The molecule has 5 heteroatoms. The molecule has 0 aliphatic rings. The Morgan fingerprint density at radius 1 is 1.35 bits per heavy atom. The van der Waals surface area contributed by atoms with Gasteiger partial charge < -0.3 is 14.8 Å². The zero-order valence-electron chi connectivity index (χ0n) is 16.1. The van der Waals surface area contributed by atoms with Crippen molar-refractivity contribution in [2.24, 2.45) is 11.8 Å². The maximum atomic E-state index is 12.2. The van der Waals surface area contributed by atoms with Crippen molar-refractivity contribution >= 4 is 11.9 Å². The molecule has 0 aromatic carbocycles. The normalized spacial score (nSPS) is 13.9. The fraction of sp³-hybridized carbons (Fsp3) is 0.524. The van der Waals surface area contributed by atoms with Crippen LogP contribution in [-0.4, -0.2) is 17.0 Å². The van der Waals surface area contributed by atoms with Crippen molar-refractivity contribution in [2.75, 3.05) is 0 Å². The minimum absolute atomic E-state index is 0.0581. The molecule has 0 radical (unpaired) electrons. The summed E-state index contributed by atoms with van der Waals surface area (Å²) in [5.74, 6) is -1.58. The molecule has 1 aromatic heterocycles. The average molecular weight is 361 g/mol. The van der Waals surface area contributed by atoms with E-state index in [0.29, 0.717) is 12.2 Å². The topological polar surface area (TPSA) is 79.5 Å². The van der Waals surface area contributed by atoms with Crippen molar-refractivity contribution in [2.45, 2.75) is 59.4 Å². The summed E-state index contributed by atoms with van der Waals surface area (Å²) in [6.45, 7) is 10.5. The lowest BCUT2D eigenvalue weighted by Gasteiger charge is -2.24. The first kappa shape index (κ1) is 21.7. The van der Waals surface area contributed by atoms with Gasteiger partial charge in [-0.3, -0.25) is 9.59 Å². The number of hydrogen-bond donors (Lipinski definition) is 2. The lowest BCUT2D eigenvalue weighted by atomic mass is 9.80. The van der Waals surface area contributed by atoms with Crippen LogP contribution in [0.1, 0.15) is 58.6 Å². The Balaban J connectivity index is 2.64. The van der Waals surface area contributed by atoms with E-state index in [9.17, 15) is 14.7 Å². The molecule has 0 spiro atoms. The van der Waals surface area contributed by atoms with E-state index in [1.807, 2.05) is 6.92 Å². The Bertz CT molecular complexity index is 616. The molecule has 144 valence electrons. The van der Waals surface area contributed by atoms with Crippen LogP contribution in [-0.2, 0) is 16.1 Å². The Labute approximate surface area is 156 Å². The molecular formula is C21H31NO4. The van der Waals surface area contributed by atoms with Gasteiger partial charge in [0.15, 0.2) is 0 Å². The number of allylic oxidation sites excluding steroid dienone is 3. The van der Waals surface area contributed by atoms with E-state index >= 15 is 0 Å². The first-order chi connectivity index (χ1) is 12.4. The highest BCUT2D eigenvalue weighted by atomic mass is 16.4. The van der Waals surface area contributed by atoms with Crippen LogP contribution >= 0.6 is 0 Å². The SMILES string of the molecule is C=C(CC/C=C(/C)CC)C(CC)C(CC(=O)NCc1ccco1)C(=O)O. The van der Waals surface area contributed by atoms with Crippen molar-refractivity contribution < 1.29 is 19.1 Å². The van der Waals surface area contributed by atoms with Gasteiger partial charge in [-0.2, -0.15) is 0 Å². The minimum Gasteiger partial charge on any atom is -0.481 e. The van der Waals surface area contributed by atoms with Crippen molar-refractivity contribution in [3.63, 3.8) is 0 Å². The second kappa shape index (κ2) is 11.3. The summed E-state index contributed by atoms with van der Waals surface area (Å²) in [5, 5.41) is 12.3. The molecule has 1 amide bonds. The number of amides is 1. The molecule has 0 saturated carbocycles. The van der Waals surface area contributed by atoms with Crippen LogP contribution in [0.4, 0.5) is 0 Å². The summed E-state index contributed by atoms with van der Waals surface area (Å²) in [5.41, 5.74) is 2.22. The Morgan fingerprint density at radius 3 is 2.62 bits per heavy atom. The molecule has 1 rings (SSSR count). The number of nitrogens with one attached hydrogen (secondary N) is 1. The second-order valence-corrected chi connectivity index (χ2v) is 6.62. The van der Waals surface area contributed by atoms with E-state index in [1.54, 1.807) is 12.1 Å². The van der Waals surface area contributed by atoms with Crippen LogP contribution < -0.4 is 5.32 Å².